The number of aromatic nitrogens is 2. The van der Waals surface area contributed by atoms with E-state index < -0.39 is 0 Å². The maximum absolute atomic E-state index is 4.79. The van der Waals surface area contributed by atoms with E-state index in [0.29, 0.717) is 0 Å². The third-order valence-electron chi connectivity index (χ3n) is 4.61. The molecule has 0 bridgehead atoms. The minimum Gasteiger partial charge on any atom is -0.373 e. The molecule has 1 unspecified atom stereocenters. The Balaban J connectivity index is 1.89. The van der Waals surface area contributed by atoms with Crippen molar-refractivity contribution in [3.05, 3.63) is 11.4 Å². The third-order valence-corrected chi connectivity index (χ3v) is 4.61. The van der Waals surface area contributed by atoms with Crippen molar-refractivity contribution in [3.63, 3.8) is 0 Å². The van der Waals surface area contributed by atoms with E-state index in [1.807, 2.05) is 7.05 Å². The van der Waals surface area contributed by atoms with Gasteiger partial charge in [-0.2, -0.15) is 0 Å². The molecule has 1 aromatic heterocycles. The highest BCUT2D eigenvalue weighted by atomic mass is 15.3. The molecular formula is C15H25N5. The van der Waals surface area contributed by atoms with Gasteiger partial charge in [0.2, 0.25) is 0 Å². The highest BCUT2D eigenvalue weighted by Crippen LogP contribution is 2.28. The molecule has 20 heavy (non-hydrogen) atoms. The number of piperazine rings is 1. The zero-order valence-electron chi connectivity index (χ0n) is 12.8. The number of hydrogen-bond donors (Lipinski definition) is 1. The molecular weight excluding hydrogens is 250 g/mol. The van der Waals surface area contributed by atoms with Crippen molar-refractivity contribution in [2.45, 2.75) is 39.2 Å². The molecule has 2 saturated heterocycles. The number of anilines is 2. The second-order valence-electron chi connectivity index (χ2n) is 5.82. The van der Waals surface area contributed by atoms with Crippen molar-refractivity contribution in [2.24, 2.45) is 0 Å². The van der Waals surface area contributed by atoms with Crippen LogP contribution in [0.2, 0.25) is 0 Å². The molecule has 0 saturated carbocycles. The van der Waals surface area contributed by atoms with Gasteiger partial charge in [-0.05, 0) is 26.3 Å². The largest absolute Gasteiger partial charge is 0.373 e. The lowest BCUT2D eigenvalue weighted by Crippen LogP contribution is -2.50. The lowest BCUT2D eigenvalue weighted by atomic mass is 10.1. The average molecular weight is 275 g/mol. The first-order valence-corrected chi connectivity index (χ1v) is 7.77. The molecule has 0 radical (unpaired) electrons. The van der Waals surface area contributed by atoms with Gasteiger partial charge in [-0.1, -0.05) is 6.92 Å². The summed E-state index contributed by atoms with van der Waals surface area (Å²) < 4.78 is 0. The van der Waals surface area contributed by atoms with Crippen molar-refractivity contribution in [2.75, 3.05) is 43.4 Å². The fourth-order valence-electron chi connectivity index (χ4n) is 3.44. The predicted octanol–water partition coefficient (Wildman–Crippen LogP) is 1.67. The molecule has 3 rings (SSSR count). The van der Waals surface area contributed by atoms with Crippen molar-refractivity contribution >= 4 is 11.6 Å². The quantitative estimate of drug-likeness (QED) is 0.909. The Bertz CT molecular complexity index is 487. The van der Waals surface area contributed by atoms with Gasteiger partial charge in [-0.15, -0.1) is 0 Å². The standard InChI is InChI=1S/C15H25N5/c1-4-13-17-14(16-3)11(2)15(18-13)20-9-8-19-7-5-6-12(19)10-20/h12H,4-10H2,1-3H3,(H,16,17,18). The number of fused-ring (bicyclic) bond motifs is 1. The van der Waals surface area contributed by atoms with Gasteiger partial charge in [0.05, 0.1) is 0 Å². The Morgan fingerprint density at radius 1 is 1.25 bits per heavy atom. The maximum Gasteiger partial charge on any atom is 0.137 e. The van der Waals surface area contributed by atoms with Crippen molar-refractivity contribution < 1.29 is 0 Å². The van der Waals surface area contributed by atoms with Crippen LogP contribution in [0.25, 0.3) is 0 Å². The van der Waals surface area contributed by atoms with Gasteiger partial charge in [0, 0.05) is 44.7 Å². The van der Waals surface area contributed by atoms with Gasteiger partial charge < -0.3 is 10.2 Å². The molecule has 0 spiro atoms. The summed E-state index contributed by atoms with van der Waals surface area (Å²) in [5, 5.41) is 3.21. The van der Waals surface area contributed by atoms with E-state index in [-0.39, 0.29) is 0 Å². The van der Waals surface area contributed by atoms with Crippen LogP contribution in [-0.2, 0) is 6.42 Å². The van der Waals surface area contributed by atoms with Crippen LogP contribution in [0.4, 0.5) is 11.6 Å². The molecule has 2 aliphatic rings. The van der Waals surface area contributed by atoms with Crippen LogP contribution in [-0.4, -0.2) is 54.1 Å². The lowest BCUT2D eigenvalue weighted by Gasteiger charge is -2.38. The highest BCUT2D eigenvalue weighted by Gasteiger charge is 2.31. The summed E-state index contributed by atoms with van der Waals surface area (Å²) >= 11 is 0. The number of nitrogens with one attached hydrogen (secondary N) is 1. The monoisotopic (exact) mass is 275 g/mol. The smallest absolute Gasteiger partial charge is 0.137 e. The van der Waals surface area contributed by atoms with E-state index in [1.54, 1.807) is 0 Å². The Morgan fingerprint density at radius 3 is 2.85 bits per heavy atom. The molecule has 0 aromatic carbocycles. The van der Waals surface area contributed by atoms with E-state index in [4.69, 9.17) is 4.98 Å². The SMILES string of the molecule is CCc1nc(NC)c(C)c(N2CCN3CCCC3C2)n1. The fourth-order valence-corrected chi connectivity index (χ4v) is 3.44. The van der Waals surface area contributed by atoms with E-state index in [2.05, 4.69) is 33.9 Å². The van der Waals surface area contributed by atoms with Crippen LogP contribution in [0.15, 0.2) is 0 Å². The molecule has 5 nitrogen and oxygen atoms in total. The number of rotatable bonds is 3. The van der Waals surface area contributed by atoms with Crippen LogP contribution in [0.1, 0.15) is 31.2 Å². The Hall–Kier alpha value is -1.36. The maximum atomic E-state index is 4.79. The summed E-state index contributed by atoms with van der Waals surface area (Å²) in [6.07, 6.45) is 3.56. The van der Waals surface area contributed by atoms with E-state index in [0.717, 1.165) is 43.0 Å². The van der Waals surface area contributed by atoms with Gasteiger partial charge in [0.25, 0.3) is 0 Å². The Morgan fingerprint density at radius 2 is 2.10 bits per heavy atom. The first-order valence-electron chi connectivity index (χ1n) is 7.77. The second-order valence-corrected chi connectivity index (χ2v) is 5.82. The van der Waals surface area contributed by atoms with Gasteiger partial charge in [0.15, 0.2) is 0 Å². The van der Waals surface area contributed by atoms with Crippen LogP contribution in [0.5, 0.6) is 0 Å². The molecule has 1 atom stereocenters. The molecule has 5 heteroatoms. The molecule has 1 N–H and O–H groups in total. The normalized spacial score (nSPS) is 22.9. The van der Waals surface area contributed by atoms with E-state index in [9.17, 15) is 0 Å². The van der Waals surface area contributed by atoms with E-state index in [1.165, 1.54) is 31.5 Å². The average Bonchev–Trinajstić information content (AvgIpc) is 2.95. The van der Waals surface area contributed by atoms with Crippen molar-refractivity contribution in [1.82, 2.24) is 14.9 Å². The van der Waals surface area contributed by atoms with Crippen molar-refractivity contribution in [3.8, 4) is 0 Å². The van der Waals surface area contributed by atoms with Crippen LogP contribution in [0.3, 0.4) is 0 Å². The number of nitrogens with zero attached hydrogens (tertiary/aromatic N) is 4. The molecule has 2 fully saturated rings. The zero-order valence-corrected chi connectivity index (χ0v) is 12.8. The molecule has 0 aliphatic carbocycles. The zero-order chi connectivity index (χ0) is 14.1. The van der Waals surface area contributed by atoms with Crippen LogP contribution in [0, 0.1) is 6.92 Å². The third kappa shape index (κ3) is 2.35. The molecule has 110 valence electrons. The summed E-state index contributed by atoms with van der Waals surface area (Å²) in [5.74, 6) is 3.04. The highest BCUT2D eigenvalue weighted by molar-refractivity contribution is 5.58. The Labute approximate surface area is 121 Å². The predicted molar refractivity (Wildman–Crippen MR) is 82.5 cm³/mol. The van der Waals surface area contributed by atoms with Crippen LogP contribution < -0.4 is 10.2 Å². The van der Waals surface area contributed by atoms with Crippen molar-refractivity contribution in [1.29, 1.82) is 0 Å². The number of hydrogen-bond acceptors (Lipinski definition) is 5. The fraction of sp³-hybridized carbons (Fsp3) is 0.733. The molecule has 1 aromatic rings. The van der Waals surface area contributed by atoms with Gasteiger partial charge in [-0.25, -0.2) is 9.97 Å². The summed E-state index contributed by atoms with van der Waals surface area (Å²) in [6.45, 7) is 8.89. The molecule has 2 aliphatic heterocycles. The van der Waals surface area contributed by atoms with Gasteiger partial charge >= 0.3 is 0 Å². The first-order chi connectivity index (χ1) is 9.72. The summed E-state index contributed by atoms with van der Waals surface area (Å²) in [7, 11) is 1.94. The Kier molecular flexibility index (Phi) is 3.78. The second kappa shape index (κ2) is 5.56. The van der Waals surface area contributed by atoms with Gasteiger partial charge in [0.1, 0.15) is 17.5 Å². The number of aryl methyl sites for hydroxylation is 1. The van der Waals surface area contributed by atoms with Gasteiger partial charge in [-0.3, -0.25) is 4.90 Å². The summed E-state index contributed by atoms with van der Waals surface area (Å²) in [6, 6.07) is 0.723. The minimum absolute atomic E-state index is 0.723. The lowest BCUT2D eigenvalue weighted by molar-refractivity contribution is 0.230. The topological polar surface area (TPSA) is 44.3 Å². The minimum atomic E-state index is 0.723. The molecule has 3 heterocycles. The first kappa shape index (κ1) is 13.6. The van der Waals surface area contributed by atoms with Crippen LogP contribution >= 0.6 is 0 Å². The summed E-state index contributed by atoms with van der Waals surface area (Å²) in [4.78, 5) is 14.5. The van der Waals surface area contributed by atoms with E-state index >= 15 is 0 Å². The summed E-state index contributed by atoms with van der Waals surface area (Å²) in [5.41, 5.74) is 1.18. The molecule has 0 amide bonds.